The molecule has 0 fully saturated rings. The van der Waals surface area contributed by atoms with Gasteiger partial charge in [0, 0.05) is 0 Å². The van der Waals surface area contributed by atoms with Crippen molar-refractivity contribution in [2.75, 3.05) is 5.73 Å². The zero-order chi connectivity index (χ0) is 23.8. The first-order chi connectivity index (χ1) is 14.1. The number of guanidine groups is 2. The highest BCUT2D eigenvalue weighted by atomic mass is 19.4. The molecule has 2 aromatic rings. The van der Waals surface area contributed by atoms with Crippen molar-refractivity contribution >= 4 is 23.3 Å². The van der Waals surface area contributed by atoms with Gasteiger partial charge in [0.15, 0.2) is 5.96 Å². The summed E-state index contributed by atoms with van der Waals surface area (Å²) in [4.78, 5) is 6.74. The number of aliphatic imine (C=N–C) groups is 2. The molecule has 0 aliphatic heterocycles. The number of rotatable bonds is 3. The number of phenolic OH excluding ortho intramolecular Hbond substituents is 2. The van der Waals surface area contributed by atoms with E-state index in [1.807, 2.05) is 0 Å². The summed E-state index contributed by atoms with van der Waals surface area (Å²) in [6.45, 7) is 0. The van der Waals surface area contributed by atoms with Crippen molar-refractivity contribution in [1.82, 2.24) is 0 Å². The fourth-order valence-electron chi connectivity index (χ4n) is 2.90. The lowest BCUT2D eigenvalue weighted by molar-refractivity contribution is -0.288. The van der Waals surface area contributed by atoms with E-state index in [0.717, 1.165) is 0 Å². The van der Waals surface area contributed by atoms with Crippen LogP contribution in [0.4, 0.5) is 37.7 Å². The molecule has 0 spiro atoms. The lowest BCUT2D eigenvalue weighted by Crippen LogP contribution is -2.54. The Morgan fingerprint density at radius 2 is 1.26 bits per heavy atom. The van der Waals surface area contributed by atoms with Crippen molar-refractivity contribution in [1.29, 1.82) is 0 Å². The first kappa shape index (κ1) is 23.4. The number of anilines is 1. The van der Waals surface area contributed by atoms with Gasteiger partial charge in [-0.15, -0.1) is 0 Å². The van der Waals surface area contributed by atoms with Crippen LogP contribution in [0.25, 0.3) is 0 Å². The number of phenols is 2. The molecule has 0 atom stereocenters. The van der Waals surface area contributed by atoms with Gasteiger partial charge in [-0.3, -0.25) is 0 Å². The van der Waals surface area contributed by atoms with Crippen molar-refractivity contribution < 1.29 is 36.6 Å². The fraction of sp³-hybridized carbons (Fsp3) is 0.176. The smallest absolute Gasteiger partial charge is 0.411 e. The molecule has 0 aromatic heterocycles. The Morgan fingerprint density at radius 3 is 1.71 bits per heavy atom. The van der Waals surface area contributed by atoms with Gasteiger partial charge in [-0.2, -0.15) is 31.3 Å². The average molecular weight is 450 g/mol. The molecule has 14 heteroatoms. The number of aromatic hydroxyl groups is 2. The molecular formula is C17H16F6N6O2. The Kier molecular flexibility index (Phi) is 5.88. The zero-order valence-corrected chi connectivity index (χ0v) is 15.3. The third kappa shape index (κ3) is 4.22. The van der Waals surface area contributed by atoms with Crippen LogP contribution in [0.15, 0.2) is 46.4 Å². The van der Waals surface area contributed by atoms with Gasteiger partial charge in [0.05, 0.1) is 5.69 Å². The molecular weight excluding hydrogens is 434 g/mol. The largest absolute Gasteiger partial charge is 0.506 e. The predicted octanol–water partition coefficient (Wildman–Crippen LogP) is 2.31. The first-order valence-electron chi connectivity index (χ1n) is 8.11. The normalized spacial score (nSPS) is 13.2. The van der Waals surface area contributed by atoms with E-state index >= 15 is 0 Å². The molecule has 0 saturated carbocycles. The van der Waals surface area contributed by atoms with Gasteiger partial charge in [0.2, 0.25) is 11.4 Å². The summed E-state index contributed by atoms with van der Waals surface area (Å²) in [7, 11) is 0. The maximum atomic E-state index is 14.1. The summed E-state index contributed by atoms with van der Waals surface area (Å²) in [6.07, 6.45) is -11.9. The van der Waals surface area contributed by atoms with Crippen LogP contribution in [-0.2, 0) is 5.41 Å². The molecule has 168 valence electrons. The maximum absolute atomic E-state index is 14.1. The second-order valence-corrected chi connectivity index (χ2v) is 6.23. The summed E-state index contributed by atoms with van der Waals surface area (Å²) in [5.41, 5.74) is 12.1. The second kappa shape index (κ2) is 7.77. The van der Waals surface area contributed by atoms with Crippen LogP contribution in [0.1, 0.15) is 11.1 Å². The van der Waals surface area contributed by atoms with Crippen LogP contribution in [0.3, 0.4) is 0 Å². The Balaban J connectivity index is 2.93. The van der Waals surface area contributed by atoms with Crippen LogP contribution in [0.2, 0.25) is 0 Å². The van der Waals surface area contributed by atoms with Crippen LogP contribution in [0.5, 0.6) is 11.5 Å². The summed E-state index contributed by atoms with van der Waals surface area (Å²) in [6, 6.07) is 2.75. The van der Waals surface area contributed by atoms with E-state index in [2.05, 4.69) is 9.98 Å². The number of nitrogens with two attached hydrogens (primary N) is 4. The third-order valence-corrected chi connectivity index (χ3v) is 4.20. The molecule has 0 aliphatic rings. The number of halogens is 6. The molecule has 2 aromatic carbocycles. The minimum Gasteiger partial charge on any atom is -0.506 e. The highest BCUT2D eigenvalue weighted by Gasteiger charge is 2.72. The van der Waals surface area contributed by atoms with Crippen molar-refractivity contribution in [2.45, 2.75) is 17.8 Å². The molecule has 0 radical (unpaired) electrons. The number of hydrogen-bond donors (Lipinski definition) is 6. The van der Waals surface area contributed by atoms with Crippen molar-refractivity contribution in [3.63, 3.8) is 0 Å². The summed E-state index contributed by atoms with van der Waals surface area (Å²) in [5.74, 6) is -2.81. The minimum atomic E-state index is -5.93. The van der Waals surface area contributed by atoms with E-state index in [1.54, 1.807) is 0 Å². The van der Waals surface area contributed by atoms with Crippen molar-refractivity contribution in [2.24, 2.45) is 27.2 Å². The van der Waals surface area contributed by atoms with E-state index in [-0.39, 0.29) is 0 Å². The molecule has 2 rings (SSSR count). The topological polar surface area (TPSA) is 169 Å². The zero-order valence-electron chi connectivity index (χ0n) is 15.3. The Labute approximate surface area is 170 Å². The van der Waals surface area contributed by atoms with Gasteiger partial charge < -0.3 is 33.1 Å². The first-order valence-corrected chi connectivity index (χ1v) is 8.11. The van der Waals surface area contributed by atoms with E-state index < -0.39 is 63.7 Å². The summed E-state index contributed by atoms with van der Waals surface area (Å²) < 4.78 is 84.8. The van der Waals surface area contributed by atoms with Crippen LogP contribution in [-0.4, -0.2) is 34.5 Å². The molecule has 0 heterocycles. The molecule has 31 heavy (non-hydrogen) atoms. The Bertz CT molecular complexity index is 1030. The quantitative estimate of drug-likeness (QED) is 0.138. The number of nitrogens with zero attached hydrogens (tertiary/aromatic N) is 2. The molecule has 0 bridgehead atoms. The van der Waals surface area contributed by atoms with Crippen LogP contribution >= 0.6 is 0 Å². The van der Waals surface area contributed by atoms with Gasteiger partial charge in [-0.25, -0.2) is 4.99 Å². The monoisotopic (exact) mass is 450 g/mol. The molecule has 0 unspecified atom stereocenters. The third-order valence-electron chi connectivity index (χ3n) is 4.20. The molecule has 0 saturated heterocycles. The molecule has 10 N–H and O–H groups in total. The van der Waals surface area contributed by atoms with E-state index in [9.17, 15) is 36.6 Å². The summed E-state index contributed by atoms with van der Waals surface area (Å²) in [5, 5.41) is 19.3. The van der Waals surface area contributed by atoms with E-state index in [4.69, 9.17) is 22.9 Å². The minimum absolute atomic E-state index is 0.342. The van der Waals surface area contributed by atoms with E-state index in [0.29, 0.717) is 36.4 Å². The maximum Gasteiger partial charge on any atom is 0.411 e. The van der Waals surface area contributed by atoms with Crippen LogP contribution < -0.4 is 22.9 Å². The fourth-order valence-corrected chi connectivity index (χ4v) is 2.90. The van der Waals surface area contributed by atoms with Gasteiger partial charge in [-0.05, 0) is 35.4 Å². The molecule has 0 amide bonds. The second-order valence-electron chi connectivity index (χ2n) is 6.23. The number of benzene rings is 2. The van der Waals surface area contributed by atoms with Gasteiger partial charge >= 0.3 is 12.4 Å². The standard InChI is InChI=1S/C17H16F6N6O2/c18-16(19,20)15(17(21,22)23,7-1-3-11(30)9(24)5-7)8-2-4-12(31)10(6-8)28-14(27)29-13(25)26/h1-6,30-31H,24H2,(H6,25,26,27,28,29). The van der Waals surface area contributed by atoms with Crippen molar-refractivity contribution in [3.8, 4) is 11.5 Å². The van der Waals surface area contributed by atoms with Crippen molar-refractivity contribution in [3.05, 3.63) is 47.5 Å². The van der Waals surface area contributed by atoms with Crippen LogP contribution in [0, 0.1) is 0 Å². The van der Waals surface area contributed by atoms with E-state index in [1.165, 1.54) is 0 Å². The van der Waals surface area contributed by atoms with Gasteiger partial charge in [0.25, 0.3) is 0 Å². The molecule has 0 aliphatic carbocycles. The highest BCUT2D eigenvalue weighted by molar-refractivity contribution is 5.93. The number of nitrogen functional groups attached to an aromatic ring is 1. The summed E-state index contributed by atoms with van der Waals surface area (Å²) >= 11 is 0. The number of alkyl halides is 6. The SMILES string of the molecule is NC(N)=NC(N)=Nc1cc(C(c2ccc(O)c(N)c2)(C(F)(F)F)C(F)(F)F)ccc1O. The lowest BCUT2D eigenvalue weighted by atomic mass is 9.72. The highest BCUT2D eigenvalue weighted by Crippen LogP contribution is 2.57. The Morgan fingerprint density at radius 1 is 0.774 bits per heavy atom. The Hall–Kier alpha value is -3.84. The van der Waals surface area contributed by atoms with Gasteiger partial charge in [0.1, 0.15) is 17.2 Å². The number of hydrogen-bond acceptors (Lipinski definition) is 4. The van der Waals surface area contributed by atoms with Gasteiger partial charge in [-0.1, -0.05) is 12.1 Å². The predicted molar refractivity (Wildman–Crippen MR) is 101 cm³/mol. The average Bonchev–Trinajstić information content (AvgIpc) is 2.58. The lowest BCUT2D eigenvalue weighted by Gasteiger charge is -2.38. The molecule has 8 nitrogen and oxygen atoms in total.